The van der Waals surface area contributed by atoms with Crippen molar-refractivity contribution in [2.24, 2.45) is 5.92 Å². The molecule has 0 unspecified atom stereocenters. The van der Waals surface area contributed by atoms with Crippen molar-refractivity contribution in [2.75, 3.05) is 0 Å². The molecule has 0 bridgehead atoms. The summed E-state index contributed by atoms with van der Waals surface area (Å²) in [7, 11) is 0. The van der Waals surface area contributed by atoms with E-state index in [2.05, 4.69) is 51.1 Å². The van der Waals surface area contributed by atoms with E-state index in [1.165, 1.54) is 12.0 Å². The van der Waals surface area contributed by atoms with Gasteiger partial charge in [0.05, 0.1) is 0 Å². The molecule has 0 heteroatoms. The van der Waals surface area contributed by atoms with E-state index < -0.39 is 0 Å². The zero-order chi connectivity index (χ0) is 8.97. The highest BCUT2D eigenvalue weighted by molar-refractivity contribution is 5.19. The fraction of sp³-hybridized carbons (Fsp3) is 0.500. The normalized spacial score (nSPS) is 15.6. The first-order chi connectivity index (χ1) is 5.75. The van der Waals surface area contributed by atoms with Crippen LogP contribution in [0.15, 0.2) is 30.3 Å². The van der Waals surface area contributed by atoms with Gasteiger partial charge in [0.1, 0.15) is 0 Å². The Kier molecular flexibility index (Phi) is 3.33. The van der Waals surface area contributed by atoms with Crippen LogP contribution in [-0.2, 0) is 0 Å². The molecule has 1 aromatic rings. The molecular weight excluding hydrogens is 144 g/mol. The molecule has 0 aliphatic heterocycles. The number of rotatable bonds is 3. The third-order valence-electron chi connectivity index (χ3n) is 2.82. The summed E-state index contributed by atoms with van der Waals surface area (Å²) in [6, 6.07) is 10.8. The minimum atomic E-state index is 0.691. The van der Waals surface area contributed by atoms with Crippen LogP contribution in [0.2, 0.25) is 0 Å². The van der Waals surface area contributed by atoms with Gasteiger partial charge in [-0.2, -0.15) is 0 Å². The van der Waals surface area contributed by atoms with Gasteiger partial charge in [-0.25, -0.2) is 0 Å². The average molecular weight is 162 g/mol. The lowest BCUT2D eigenvalue weighted by molar-refractivity contribution is 0.473. The van der Waals surface area contributed by atoms with Crippen LogP contribution in [0, 0.1) is 5.92 Å². The highest BCUT2D eigenvalue weighted by atomic mass is 14.2. The van der Waals surface area contributed by atoms with E-state index in [0.29, 0.717) is 5.92 Å². The Morgan fingerprint density at radius 3 is 2.17 bits per heavy atom. The lowest BCUT2D eigenvalue weighted by Gasteiger charge is -2.18. The van der Waals surface area contributed by atoms with Gasteiger partial charge in [-0.1, -0.05) is 57.5 Å². The van der Waals surface area contributed by atoms with Gasteiger partial charge in [0.15, 0.2) is 0 Å². The Labute approximate surface area is 75.6 Å². The first kappa shape index (κ1) is 9.31. The summed E-state index contributed by atoms with van der Waals surface area (Å²) in [6.07, 6.45) is 1.26. The molecule has 0 aliphatic rings. The Hall–Kier alpha value is -0.780. The molecule has 0 saturated carbocycles. The van der Waals surface area contributed by atoms with E-state index in [-0.39, 0.29) is 0 Å². The number of hydrogen-bond acceptors (Lipinski definition) is 0. The van der Waals surface area contributed by atoms with Crippen LogP contribution in [0.4, 0.5) is 0 Å². The molecule has 0 aliphatic carbocycles. The van der Waals surface area contributed by atoms with E-state index in [4.69, 9.17) is 0 Å². The molecule has 0 spiro atoms. The number of hydrogen-bond donors (Lipinski definition) is 0. The van der Waals surface area contributed by atoms with E-state index >= 15 is 0 Å². The maximum Gasteiger partial charge on any atom is -0.0165 e. The lowest BCUT2D eigenvalue weighted by Crippen LogP contribution is -2.04. The van der Waals surface area contributed by atoms with Crippen molar-refractivity contribution in [3.8, 4) is 0 Å². The molecule has 0 fully saturated rings. The monoisotopic (exact) mass is 162 g/mol. The molecule has 66 valence electrons. The third-order valence-corrected chi connectivity index (χ3v) is 2.82. The largest absolute Gasteiger partial charge is 0.0651 e. The van der Waals surface area contributed by atoms with Gasteiger partial charge >= 0.3 is 0 Å². The van der Waals surface area contributed by atoms with Gasteiger partial charge < -0.3 is 0 Å². The van der Waals surface area contributed by atoms with Crippen molar-refractivity contribution in [1.29, 1.82) is 0 Å². The smallest absolute Gasteiger partial charge is 0.0165 e. The van der Waals surface area contributed by atoms with Crippen molar-refractivity contribution in [1.82, 2.24) is 0 Å². The summed E-state index contributed by atoms with van der Waals surface area (Å²) in [5, 5.41) is 0. The average Bonchev–Trinajstić information content (AvgIpc) is 2.17. The van der Waals surface area contributed by atoms with Crippen LogP contribution in [0.1, 0.15) is 38.7 Å². The number of benzene rings is 1. The first-order valence-corrected chi connectivity index (χ1v) is 4.80. The molecule has 0 heterocycles. The van der Waals surface area contributed by atoms with Crippen molar-refractivity contribution >= 4 is 0 Å². The zero-order valence-corrected chi connectivity index (χ0v) is 8.25. The summed E-state index contributed by atoms with van der Waals surface area (Å²) in [5.74, 6) is 1.48. The molecule has 0 saturated heterocycles. The highest BCUT2D eigenvalue weighted by Crippen LogP contribution is 2.25. The Morgan fingerprint density at radius 1 is 1.08 bits per heavy atom. The fourth-order valence-electron chi connectivity index (χ4n) is 1.44. The third kappa shape index (κ3) is 2.10. The minimum Gasteiger partial charge on any atom is -0.0651 e. The Morgan fingerprint density at radius 2 is 1.67 bits per heavy atom. The molecule has 1 rings (SSSR count). The zero-order valence-electron chi connectivity index (χ0n) is 8.25. The van der Waals surface area contributed by atoms with Gasteiger partial charge in [0.2, 0.25) is 0 Å². The summed E-state index contributed by atoms with van der Waals surface area (Å²) in [6.45, 7) is 6.88. The van der Waals surface area contributed by atoms with Crippen molar-refractivity contribution in [3.63, 3.8) is 0 Å². The van der Waals surface area contributed by atoms with Gasteiger partial charge in [-0.05, 0) is 17.4 Å². The van der Waals surface area contributed by atoms with Gasteiger partial charge in [-0.15, -0.1) is 0 Å². The van der Waals surface area contributed by atoms with Crippen LogP contribution < -0.4 is 0 Å². The van der Waals surface area contributed by atoms with Crippen molar-refractivity contribution in [3.05, 3.63) is 35.9 Å². The SMILES string of the molecule is CC[C@@H](C)[C@@H](C)c1ccccc1. The van der Waals surface area contributed by atoms with E-state index in [1.54, 1.807) is 0 Å². The van der Waals surface area contributed by atoms with Crippen LogP contribution in [-0.4, -0.2) is 0 Å². The second kappa shape index (κ2) is 4.30. The van der Waals surface area contributed by atoms with E-state index in [0.717, 1.165) is 5.92 Å². The second-order valence-electron chi connectivity index (χ2n) is 3.58. The van der Waals surface area contributed by atoms with E-state index in [9.17, 15) is 0 Å². The maximum absolute atomic E-state index is 2.32. The van der Waals surface area contributed by atoms with Crippen LogP contribution in [0.3, 0.4) is 0 Å². The minimum absolute atomic E-state index is 0.691. The summed E-state index contributed by atoms with van der Waals surface area (Å²) >= 11 is 0. The topological polar surface area (TPSA) is 0 Å². The molecule has 0 N–H and O–H groups in total. The van der Waals surface area contributed by atoms with Gasteiger partial charge in [0, 0.05) is 0 Å². The van der Waals surface area contributed by atoms with Crippen LogP contribution in [0.5, 0.6) is 0 Å². The predicted molar refractivity (Wildman–Crippen MR) is 54.3 cm³/mol. The standard InChI is InChI=1S/C12H18/c1-4-10(2)11(3)12-8-6-5-7-9-12/h5-11H,4H2,1-3H3/t10-,11-/m1/s1. The molecule has 1 aromatic carbocycles. The summed E-state index contributed by atoms with van der Waals surface area (Å²) < 4.78 is 0. The first-order valence-electron chi connectivity index (χ1n) is 4.80. The second-order valence-corrected chi connectivity index (χ2v) is 3.58. The predicted octanol–water partition coefficient (Wildman–Crippen LogP) is 3.84. The Balaban J connectivity index is 2.71. The van der Waals surface area contributed by atoms with Crippen LogP contribution >= 0.6 is 0 Å². The fourth-order valence-corrected chi connectivity index (χ4v) is 1.44. The molecule has 0 amide bonds. The lowest BCUT2D eigenvalue weighted by atomic mass is 9.87. The van der Waals surface area contributed by atoms with E-state index in [1.807, 2.05) is 0 Å². The van der Waals surface area contributed by atoms with Gasteiger partial charge in [-0.3, -0.25) is 0 Å². The quantitative estimate of drug-likeness (QED) is 0.633. The highest BCUT2D eigenvalue weighted by Gasteiger charge is 2.10. The summed E-state index contributed by atoms with van der Waals surface area (Å²) in [5.41, 5.74) is 1.46. The van der Waals surface area contributed by atoms with Crippen LogP contribution in [0.25, 0.3) is 0 Å². The maximum atomic E-state index is 2.32. The molecule has 0 radical (unpaired) electrons. The molecule has 2 atom stereocenters. The Bertz CT molecular complexity index is 213. The van der Waals surface area contributed by atoms with Crippen molar-refractivity contribution in [2.45, 2.75) is 33.1 Å². The summed E-state index contributed by atoms with van der Waals surface area (Å²) in [4.78, 5) is 0. The molecule has 12 heavy (non-hydrogen) atoms. The van der Waals surface area contributed by atoms with Gasteiger partial charge in [0.25, 0.3) is 0 Å². The molecule has 0 aromatic heterocycles. The molecule has 0 nitrogen and oxygen atoms in total. The van der Waals surface area contributed by atoms with Crippen molar-refractivity contribution < 1.29 is 0 Å². The molecular formula is C12H18.